The summed E-state index contributed by atoms with van der Waals surface area (Å²) in [5, 5.41) is 6.36. The van der Waals surface area contributed by atoms with Crippen LogP contribution in [0, 0.1) is 0 Å². The van der Waals surface area contributed by atoms with Crippen molar-refractivity contribution >= 4 is 11.9 Å². The van der Waals surface area contributed by atoms with Gasteiger partial charge in [-0.2, -0.15) is 0 Å². The summed E-state index contributed by atoms with van der Waals surface area (Å²) in [4.78, 5) is 21.2. The van der Waals surface area contributed by atoms with Gasteiger partial charge in [0.1, 0.15) is 0 Å². The molecule has 2 N–H and O–H groups in total. The molecule has 0 unspecified atom stereocenters. The van der Waals surface area contributed by atoms with Gasteiger partial charge in [-0.3, -0.25) is 4.79 Å². The van der Waals surface area contributed by atoms with Crippen LogP contribution in [0.25, 0.3) is 0 Å². The van der Waals surface area contributed by atoms with Gasteiger partial charge in [0.25, 0.3) is 5.91 Å². The average molecular weight is 343 g/mol. The summed E-state index contributed by atoms with van der Waals surface area (Å²) in [6, 6.07) is 7.75. The van der Waals surface area contributed by atoms with E-state index in [-0.39, 0.29) is 5.91 Å². The van der Waals surface area contributed by atoms with E-state index in [2.05, 4.69) is 34.2 Å². The van der Waals surface area contributed by atoms with Gasteiger partial charge >= 0.3 is 0 Å². The fourth-order valence-corrected chi connectivity index (χ4v) is 2.63. The molecule has 1 fully saturated rings. The molecule has 25 heavy (non-hydrogen) atoms. The third-order valence-electron chi connectivity index (χ3n) is 4.17. The molecule has 0 aliphatic carbocycles. The van der Waals surface area contributed by atoms with E-state index in [1.807, 2.05) is 36.1 Å². The summed E-state index contributed by atoms with van der Waals surface area (Å²) in [7, 11) is 2.09. The zero-order valence-corrected chi connectivity index (χ0v) is 15.3. The van der Waals surface area contributed by atoms with Crippen molar-refractivity contribution < 1.29 is 4.79 Å². The lowest BCUT2D eigenvalue weighted by Crippen LogP contribution is -2.47. The maximum atomic E-state index is 12.5. The fourth-order valence-electron chi connectivity index (χ4n) is 2.63. The Morgan fingerprint density at radius 3 is 2.48 bits per heavy atom. The van der Waals surface area contributed by atoms with Gasteiger partial charge in [0, 0.05) is 44.8 Å². The largest absolute Gasteiger partial charge is 0.357 e. The quantitative estimate of drug-likeness (QED) is 0.465. The van der Waals surface area contributed by atoms with E-state index in [1.165, 1.54) is 0 Å². The number of amides is 1. The molecular weight excluding hydrogens is 314 g/mol. The number of nitrogens with zero attached hydrogens (tertiary/aromatic N) is 3. The van der Waals surface area contributed by atoms with Crippen LogP contribution in [0.1, 0.15) is 22.8 Å². The molecule has 1 aromatic carbocycles. The first-order chi connectivity index (χ1) is 12.1. The topological polar surface area (TPSA) is 60.0 Å². The third kappa shape index (κ3) is 5.90. The van der Waals surface area contributed by atoms with Crippen LogP contribution in [-0.4, -0.2) is 68.0 Å². The molecule has 136 valence electrons. The number of hydrogen-bond donors (Lipinski definition) is 2. The Labute approximate surface area is 150 Å². The number of aliphatic imine (C=N–C) groups is 1. The van der Waals surface area contributed by atoms with Crippen LogP contribution >= 0.6 is 0 Å². The van der Waals surface area contributed by atoms with Gasteiger partial charge in [-0.15, -0.1) is 6.58 Å². The minimum Gasteiger partial charge on any atom is -0.357 e. The molecule has 0 atom stereocenters. The highest BCUT2D eigenvalue weighted by atomic mass is 16.2. The molecule has 1 aromatic rings. The number of carbonyl (C=O) groups excluding carboxylic acids is 1. The van der Waals surface area contributed by atoms with E-state index in [0.29, 0.717) is 13.1 Å². The Morgan fingerprint density at radius 1 is 1.20 bits per heavy atom. The summed E-state index contributed by atoms with van der Waals surface area (Å²) in [6.45, 7) is 11.2. The molecule has 2 rings (SSSR count). The predicted molar refractivity (Wildman–Crippen MR) is 103 cm³/mol. The van der Waals surface area contributed by atoms with E-state index < -0.39 is 0 Å². The molecule has 1 aliphatic heterocycles. The standard InChI is InChI=1S/C19H29N5O/c1-4-10-21-19(20-5-2)22-15-16-6-8-17(9-7-16)18(25)24-13-11-23(3)12-14-24/h4,6-9H,1,5,10-15H2,2-3H3,(H2,20,21,22). The van der Waals surface area contributed by atoms with Crippen LogP contribution in [0.2, 0.25) is 0 Å². The van der Waals surface area contributed by atoms with Gasteiger partial charge in [0.15, 0.2) is 5.96 Å². The van der Waals surface area contributed by atoms with Gasteiger partial charge in [-0.25, -0.2) is 4.99 Å². The Balaban J connectivity index is 1.94. The third-order valence-corrected chi connectivity index (χ3v) is 4.17. The lowest BCUT2D eigenvalue weighted by atomic mass is 10.1. The molecule has 1 saturated heterocycles. The maximum Gasteiger partial charge on any atom is 0.253 e. The summed E-state index contributed by atoms with van der Waals surface area (Å²) >= 11 is 0. The van der Waals surface area contributed by atoms with E-state index in [4.69, 9.17) is 0 Å². The molecule has 0 aromatic heterocycles. The van der Waals surface area contributed by atoms with Crippen molar-refractivity contribution in [2.75, 3.05) is 46.3 Å². The number of piperazine rings is 1. The van der Waals surface area contributed by atoms with Crippen molar-refractivity contribution in [2.45, 2.75) is 13.5 Å². The van der Waals surface area contributed by atoms with Gasteiger partial charge in [-0.1, -0.05) is 18.2 Å². The highest BCUT2D eigenvalue weighted by molar-refractivity contribution is 5.94. The van der Waals surface area contributed by atoms with Crippen LogP contribution < -0.4 is 10.6 Å². The smallest absolute Gasteiger partial charge is 0.253 e. The van der Waals surface area contributed by atoms with Gasteiger partial charge in [-0.05, 0) is 31.7 Å². The van der Waals surface area contributed by atoms with Gasteiger partial charge in [0.05, 0.1) is 6.54 Å². The van der Waals surface area contributed by atoms with Crippen molar-refractivity contribution in [1.82, 2.24) is 20.4 Å². The zero-order chi connectivity index (χ0) is 18.1. The van der Waals surface area contributed by atoms with Crippen LogP contribution in [0.4, 0.5) is 0 Å². The molecule has 0 bridgehead atoms. The van der Waals surface area contributed by atoms with E-state index >= 15 is 0 Å². The first-order valence-electron chi connectivity index (χ1n) is 8.84. The summed E-state index contributed by atoms with van der Waals surface area (Å²) in [6.07, 6.45) is 1.80. The van der Waals surface area contributed by atoms with Gasteiger partial charge in [0.2, 0.25) is 0 Å². The number of benzene rings is 1. The molecule has 0 spiro atoms. The van der Waals surface area contributed by atoms with Crippen molar-refractivity contribution in [3.05, 3.63) is 48.0 Å². The number of hydrogen-bond acceptors (Lipinski definition) is 3. The monoisotopic (exact) mass is 343 g/mol. The first kappa shape index (κ1) is 19.0. The highest BCUT2D eigenvalue weighted by Crippen LogP contribution is 2.10. The van der Waals surface area contributed by atoms with Gasteiger partial charge < -0.3 is 20.4 Å². The first-order valence-corrected chi connectivity index (χ1v) is 8.84. The number of guanidine groups is 1. The molecule has 1 aliphatic rings. The summed E-state index contributed by atoms with van der Waals surface area (Å²) in [5.41, 5.74) is 1.82. The Kier molecular flexibility index (Phi) is 7.47. The van der Waals surface area contributed by atoms with Crippen LogP contribution in [0.15, 0.2) is 41.9 Å². The minimum absolute atomic E-state index is 0.115. The molecule has 1 amide bonds. The second-order valence-electron chi connectivity index (χ2n) is 6.16. The zero-order valence-electron chi connectivity index (χ0n) is 15.3. The van der Waals surface area contributed by atoms with Crippen LogP contribution in [0.3, 0.4) is 0 Å². The van der Waals surface area contributed by atoms with E-state index in [1.54, 1.807) is 6.08 Å². The van der Waals surface area contributed by atoms with Crippen LogP contribution in [-0.2, 0) is 6.54 Å². The Morgan fingerprint density at radius 2 is 1.88 bits per heavy atom. The Bertz CT molecular complexity index is 588. The summed E-state index contributed by atoms with van der Waals surface area (Å²) < 4.78 is 0. The van der Waals surface area contributed by atoms with E-state index in [9.17, 15) is 4.79 Å². The highest BCUT2D eigenvalue weighted by Gasteiger charge is 2.20. The number of likely N-dealkylation sites (N-methyl/N-ethyl adjacent to an activating group) is 1. The van der Waals surface area contributed by atoms with Crippen molar-refractivity contribution in [1.29, 1.82) is 0 Å². The van der Waals surface area contributed by atoms with Crippen molar-refractivity contribution in [2.24, 2.45) is 4.99 Å². The fraction of sp³-hybridized carbons (Fsp3) is 0.474. The van der Waals surface area contributed by atoms with Crippen molar-refractivity contribution in [3.63, 3.8) is 0 Å². The summed E-state index contributed by atoms with van der Waals surface area (Å²) in [5.74, 6) is 0.879. The normalized spacial score (nSPS) is 15.8. The average Bonchev–Trinajstić information content (AvgIpc) is 2.64. The predicted octanol–water partition coefficient (Wildman–Crippen LogP) is 1.32. The second kappa shape index (κ2) is 9.84. The molecular formula is C19H29N5O. The lowest BCUT2D eigenvalue weighted by molar-refractivity contribution is 0.0664. The van der Waals surface area contributed by atoms with Crippen LogP contribution in [0.5, 0.6) is 0 Å². The molecule has 0 radical (unpaired) electrons. The number of carbonyl (C=O) groups is 1. The second-order valence-corrected chi connectivity index (χ2v) is 6.16. The number of rotatable bonds is 6. The lowest BCUT2D eigenvalue weighted by Gasteiger charge is -2.32. The SMILES string of the molecule is C=CCNC(=NCc1ccc(C(=O)N2CCN(C)CC2)cc1)NCC. The van der Waals surface area contributed by atoms with E-state index in [0.717, 1.165) is 49.8 Å². The Hall–Kier alpha value is -2.34. The molecule has 6 nitrogen and oxygen atoms in total. The van der Waals surface area contributed by atoms with Crippen molar-refractivity contribution in [3.8, 4) is 0 Å². The molecule has 1 heterocycles. The molecule has 6 heteroatoms. The number of nitrogens with one attached hydrogen (secondary N) is 2. The molecule has 0 saturated carbocycles. The minimum atomic E-state index is 0.115. The maximum absolute atomic E-state index is 12.5.